The van der Waals surface area contributed by atoms with E-state index in [1.165, 1.54) is 12.1 Å². The zero-order valence-electron chi connectivity index (χ0n) is 11.1. The molecule has 21 heavy (non-hydrogen) atoms. The van der Waals surface area contributed by atoms with Crippen LogP contribution in [0.15, 0.2) is 59.6 Å². The minimum atomic E-state index is -1.33. The largest absolute Gasteiger partial charge is 0.398 e. The van der Waals surface area contributed by atoms with E-state index in [1.807, 2.05) is 18.2 Å². The lowest BCUT2D eigenvalue weighted by Crippen LogP contribution is -2.00. The van der Waals surface area contributed by atoms with Gasteiger partial charge in [0.2, 0.25) is 0 Å². The quantitative estimate of drug-likeness (QED) is 0.755. The molecule has 0 aliphatic carbocycles. The maximum absolute atomic E-state index is 13.2. The number of nitrogens with two attached hydrogens (primary N) is 1. The number of pyridine rings is 1. The SMILES string of the molecule is Nc1ccc(CS(=O)c2cccc(F)c2)c2ncccc12. The molecule has 1 aromatic heterocycles. The Kier molecular flexibility index (Phi) is 3.66. The van der Waals surface area contributed by atoms with Gasteiger partial charge in [0, 0.05) is 22.2 Å². The minimum Gasteiger partial charge on any atom is -0.398 e. The van der Waals surface area contributed by atoms with Gasteiger partial charge in [0.15, 0.2) is 0 Å². The van der Waals surface area contributed by atoms with Crippen LogP contribution in [-0.2, 0) is 16.6 Å². The van der Waals surface area contributed by atoms with E-state index in [2.05, 4.69) is 4.98 Å². The molecule has 3 aromatic rings. The van der Waals surface area contributed by atoms with Crippen molar-refractivity contribution in [2.75, 3.05) is 5.73 Å². The molecule has 1 atom stereocenters. The summed E-state index contributed by atoms with van der Waals surface area (Å²) < 4.78 is 25.6. The molecular formula is C16H13FN2OS. The molecule has 0 saturated carbocycles. The topological polar surface area (TPSA) is 56.0 Å². The maximum atomic E-state index is 13.2. The van der Waals surface area contributed by atoms with Crippen LogP contribution in [0.5, 0.6) is 0 Å². The van der Waals surface area contributed by atoms with Gasteiger partial charge in [-0.15, -0.1) is 0 Å². The van der Waals surface area contributed by atoms with Crippen molar-refractivity contribution in [1.82, 2.24) is 4.98 Å². The van der Waals surface area contributed by atoms with Crippen molar-refractivity contribution >= 4 is 27.4 Å². The van der Waals surface area contributed by atoms with Gasteiger partial charge in [0.1, 0.15) is 5.82 Å². The van der Waals surface area contributed by atoms with Crippen LogP contribution in [0.2, 0.25) is 0 Å². The normalized spacial score (nSPS) is 12.4. The van der Waals surface area contributed by atoms with Crippen LogP contribution < -0.4 is 5.73 Å². The number of nitrogens with zero attached hydrogens (tertiary/aromatic N) is 1. The van der Waals surface area contributed by atoms with Crippen LogP contribution in [-0.4, -0.2) is 9.19 Å². The van der Waals surface area contributed by atoms with Gasteiger partial charge in [0.25, 0.3) is 0 Å². The Labute approximate surface area is 124 Å². The Morgan fingerprint density at radius 2 is 2.00 bits per heavy atom. The van der Waals surface area contributed by atoms with Crippen LogP contribution in [0.4, 0.5) is 10.1 Å². The third-order valence-corrected chi connectivity index (χ3v) is 4.59. The fraction of sp³-hybridized carbons (Fsp3) is 0.0625. The first-order chi connectivity index (χ1) is 10.1. The summed E-state index contributed by atoms with van der Waals surface area (Å²) in [5.41, 5.74) is 8.13. The molecule has 0 radical (unpaired) electrons. The molecule has 3 rings (SSSR count). The van der Waals surface area contributed by atoms with Crippen molar-refractivity contribution < 1.29 is 8.60 Å². The minimum absolute atomic E-state index is 0.275. The molecule has 1 heterocycles. The van der Waals surface area contributed by atoms with E-state index in [4.69, 9.17) is 5.73 Å². The summed E-state index contributed by atoms with van der Waals surface area (Å²) in [4.78, 5) is 4.79. The molecule has 0 amide bonds. The molecular weight excluding hydrogens is 287 g/mol. The zero-order valence-corrected chi connectivity index (χ0v) is 11.9. The van der Waals surface area contributed by atoms with E-state index in [0.717, 1.165) is 16.5 Å². The fourth-order valence-corrected chi connectivity index (χ4v) is 3.36. The number of hydrogen-bond donors (Lipinski definition) is 1. The van der Waals surface area contributed by atoms with E-state index >= 15 is 0 Å². The summed E-state index contributed by atoms with van der Waals surface area (Å²) in [6, 6.07) is 13.1. The zero-order chi connectivity index (χ0) is 14.8. The third kappa shape index (κ3) is 2.78. The number of anilines is 1. The van der Waals surface area contributed by atoms with Gasteiger partial charge in [-0.3, -0.25) is 9.19 Å². The standard InChI is InChI=1S/C16H13FN2OS/c17-12-3-1-4-13(9-12)21(20)10-11-6-7-15(18)14-5-2-8-19-16(11)14/h1-9H,10,18H2. The van der Waals surface area contributed by atoms with Crippen LogP contribution in [0, 0.1) is 5.82 Å². The lowest BCUT2D eigenvalue weighted by atomic mass is 10.1. The molecule has 0 aliphatic heterocycles. The van der Waals surface area contributed by atoms with Gasteiger partial charge in [-0.1, -0.05) is 12.1 Å². The molecule has 2 aromatic carbocycles. The van der Waals surface area contributed by atoms with E-state index in [1.54, 1.807) is 24.4 Å². The van der Waals surface area contributed by atoms with Crippen molar-refractivity contribution in [3.63, 3.8) is 0 Å². The van der Waals surface area contributed by atoms with E-state index < -0.39 is 10.8 Å². The molecule has 5 heteroatoms. The number of benzene rings is 2. The number of aromatic nitrogens is 1. The Balaban J connectivity index is 1.99. The van der Waals surface area contributed by atoms with Gasteiger partial charge in [0.05, 0.1) is 22.1 Å². The molecule has 1 unspecified atom stereocenters. The van der Waals surface area contributed by atoms with Gasteiger partial charge in [-0.25, -0.2) is 4.39 Å². The second-order valence-electron chi connectivity index (χ2n) is 4.66. The highest BCUT2D eigenvalue weighted by Gasteiger charge is 2.10. The summed E-state index contributed by atoms with van der Waals surface area (Å²) in [5.74, 6) is -0.113. The number of rotatable bonds is 3. The van der Waals surface area contributed by atoms with Gasteiger partial charge < -0.3 is 5.73 Å². The van der Waals surface area contributed by atoms with E-state index in [-0.39, 0.29) is 11.6 Å². The van der Waals surface area contributed by atoms with Crippen LogP contribution in [0.1, 0.15) is 5.56 Å². The van der Waals surface area contributed by atoms with Crippen LogP contribution in [0.25, 0.3) is 10.9 Å². The van der Waals surface area contributed by atoms with Gasteiger partial charge >= 0.3 is 0 Å². The van der Waals surface area contributed by atoms with Crippen LogP contribution >= 0.6 is 0 Å². The molecule has 2 N–H and O–H groups in total. The first-order valence-electron chi connectivity index (χ1n) is 6.41. The average molecular weight is 300 g/mol. The summed E-state index contributed by atoms with van der Waals surface area (Å²) >= 11 is 0. The number of hydrogen-bond acceptors (Lipinski definition) is 3. The van der Waals surface area contributed by atoms with Gasteiger partial charge in [-0.2, -0.15) is 0 Å². The Morgan fingerprint density at radius 3 is 2.81 bits per heavy atom. The highest BCUT2D eigenvalue weighted by Crippen LogP contribution is 2.24. The monoisotopic (exact) mass is 300 g/mol. The molecule has 0 spiro atoms. The molecule has 0 bridgehead atoms. The first kappa shape index (κ1) is 13.7. The Morgan fingerprint density at radius 1 is 1.14 bits per heavy atom. The highest BCUT2D eigenvalue weighted by molar-refractivity contribution is 7.84. The average Bonchev–Trinajstić information content (AvgIpc) is 2.50. The fourth-order valence-electron chi connectivity index (χ4n) is 2.20. The van der Waals surface area contributed by atoms with E-state index in [9.17, 15) is 8.60 Å². The lowest BCUT2D eigenvalue weighted by molar-refractivity contribution is 0.622. The van der Waals surface area contributed by atoms with E-state index in [0.29, 0.717) is 10.6 Å². The maximum Gasteiger partial charge on any atom is 0.124 e. The molecule has 0 aliphatic rings. The van der Waals surface area contributed by atoms with Gasteiger partial charge in [-0.05, 0) is 42.0 Å². The Hall–Kier alpha value is -2.27. The summed E-state index contributed by atoms with van der Waals surface area (Å²) in [7, 11) is -1.33. The second-order valence-corrected chi connectivity index (χ2v) is 6.11. The molecule has 3 nitrogen and oxygen atoms in total. The highest BCUT2D eigenvalue weighted by atomic mass is 32.2. The molecule has 0 fully saturated rings. The molecule has 106 valence electrons. The number of halogens is 1. The van der Waals surface area contributed by atoms with Crippen molar-refractivity contribution in [2.24, 2.45) is 0 Å². The Bertz CT molecular complexity index is 835. The number of fused-ring (bicyclic) bond motifs is 1. The summed E-state index contributed by atoms with van der Waals surface area (Å²) in [5, 5.41) is 0.839. The summed E-state index contributed by atoms with van der Waals surface area (Å²) in [6.45, 7) is 0. The van der Waals surface area contributed by atoms with Crippen molar-refractivity contribution in [1.29, 1.82) is 0 Å². The lowest BCUT2D eigenvalue weighted by Gasteiger charge is -2.08. The van der Waals surface area contributed by atoms with Crippen molar-refractivity contribution in [3.05, 3.63) is 66.1 Å². The first-order valence-corrected chi connectivity index (χ1v) is 7.73. The third-order valence-electron chi connectivity index (χ3n) is 3.23. The van der Waals surface area contributed by atoms with Crippen LogP contribution in [0.3, 0.4) is 0 Å². The predicted molar refractivity (Wildman–Crippen MR) is 82.7 cm³/mol. The second kappa shape index (κ2) is 5.61. The van der Waals surface area contributed by atoms with Crippen molar-refractivity contribution in [2.45, 2.75) is 10.6 Å². The predicted octanol–water partition coefficient (Wildman–Crippen LogP) is 3.26. The number of nitrogen functional groups attached to an aromatic ring is 1. The van der Waals surface area contributed by atoms with Crippen molar-refractivity contribution in [3.8, 4) is 0 Å². The summed E-state index contributed by atoms with van der Waals surface area (Å²) in [6.07, 6.45) is 1.68. The molecule has 0 saturated heterocycles. The smallest absolute Gasteiger partial charge is 0.124 e.